The Kier molecular flexibility index (Phi) is 4.07. The second-order valence-corrected chi connectivity index (χ2v) is 5.46. The molecule has 0 amide bonds. The number of nitrogens with one attached hydrogen (secondary N) is 1. The van der Waals surface area contributed by atoms with Crippen LogP contribution in [0.2, 0.25) is 0 Å². The smallest absolute Gasteiger partial charge is 0.0561 e. The molecule has 0 aliphatic carbocycles. The predicted octanol–water partition coefficient (Wildman–Crippen LogP) is 4.56. The molecule has 1 heterocycles. The van der Waals surface area contributed by atoms with Crippen molar-refractivity contribution in [2.24, 2.45) is 5.10 Å². The fourth-order valence-corrected chi connectivity index (χ4v) is 2.82. The molecule has 3 nitrogen and oxygen atoms in total. The molecule has 0 saturated heterocycles. The van der Waals surface area contributed by atoms with E-state index in [4.69, 9.17) is 0 Å². The standard InChI is InChI=1S/C17H15N3S/c1-13-11-17(21-20-13)16-10-6-5-7-14(16)12-18-19-15-8-3-2-4-9-15/h2-12,19H,1H3. The third-order valence-corrected chi connectivity index (χ3v) is 3.94. The molecule has 0 atom stereocenters. The maximum atomic E-state index is 4.34. The van der Waals surface area contributed by atoms with Crippen molar-refractivity contribution in [1.29, 1.82) is 0 Å². The predicted molar refractivity (Wildman–Crippen MR) is 89.9 cm³/mol. The third kappa shape index (κ3) is 3.35. The van der Waals surface area contributed by atoms with Crippen LogP contribution in [0.3, 0.4) is 0 Å². The maximum Gasteiger partial charge on any atom is 0.0561 e. The second kappa shape index (κ2) is 6.33. The summed E-state index contributed by atoms with van der Waals surface area (Å²) in [5.41, 5.74) is 7.28. The van der Waals surface area contributed by atoms with Crippen LogP contribution >= 0.6 is 11.5 Å². The zero-order valence-electron chi connectivity index (χ0n) is 11.7. The molecule has 1 N–H and O–H groups in total. The first kappa shape index (κ1) is 13.5. The normalized spacial score (nSPS) is 10.9. The van der Waals surface area contributed by atoms with Gasteiger partial charge in [-0.1, -0.05) is 42.5 Å². The van der Waals surface area contributed by atoms with Gasteiger partial charge in [0.25, 0.3) is 0 Å². The van der Waals surface area contributed by atoms with Crippen LogP contribution in [0.25, 0.3) is 10.4 Å². The Morgan fingerprint density at radius 2 is 1.81 bits per heavy atom. The van der Waals surface area contributed by atoms with Crippen molar-refractivity contribution in [3.8, 4) is 10.4 Å². The fourth-order valence-electron chi connectivity index (χ4n) is 2.01. The molecule has 104 valence electrons. The minimum absolute atomic E-state index is 0.972. The Morgan fingerprint density at radius 3 is 2.57 bits per heavy atom. The number of benzene rings is 2. The molecule has 0 aliphatic heterocycles. The first-order valence-corrected chi connectivity index (χ1v) is 7.47. The Hall–Kier alpha value is -2.46. The van der Waals surface area contributed by atoms with E-state index in [1.165, 1.54) is 11.5 Å². The number of rotatable bonds is 4. The Balaban J connectivity index is 1.83. The summed E-state index contributed by atoms with van der Waals surface area (Å²) >= 11 is 1.51. The van der Waals surface area contributed by atoms with Gasteiger partial charge in [0.1, 0.15) is 0 Å². The summed E-state index contributed by atoms with van der Waals surface area (Å²) in [5.74, 6) is 0. The Bertz CT molecular complexity index is 747. The summed E-state index contributed by atoms with van der Waals surface area (Å²) in [7, 11) is 0. The molecule has 0 spiro atoms. The van der Waals surface area contributed by atoms with Gasteiger partial charge < -0.3 is 0 Å². The number of nitrogens with zero attached hydrogens (tertiary/aromatic N) is 2. The van der Waals surface area contributed by atoms with Gasteiger partial charge in [-0.05, 0) is 36.7 Å². The molecular weight excluding hydrogens is 278 g/mol. The lowest BCUT2D eigenvalue weighted by Crippen LogP contribution is -1.91. The summed E-state index contributed by atoms with van der Waals surface area (Å²) < 4.78 is 4.34. The highest BCUT2D eigenvalue weighted by molar-refractivity contribution is 7.09. The first-order valence-electron chi connectivity index (χ1n) is 6.70. The fraction of sp³-hybridized carbons (Fsp3) is 0.0588. The topological polar surface area (TPSA) is 37.3 Å². The van der Waals surface area contributed by atoms with E-state index in [1.807, 2.05) is 55.6 Å². The molecule has 0 saturated carbocycles. The highest BCUT2D eigenvalue weighted by atomic mass is 32.1. The minimum atomic E-state index is 0.972. The van der Waals surface area contributed by atoms with E-state index in [9.17, 15) is 0 Å². The van der Waals surface area contributed by atoms with Gasteiger partial charge in [-0.2, -0.15) is 9.47 Å². The number of hydrogen-bond acceptors (Lipinski definition) is 4. The van der Waals surface area contributed by atoms with E-state index in [0.717, 1.165) is 27.4 Å². The van der Waals surface area contributed by atoms with Crippen LogP contribution in [0.1, 0.15) is 11.3 Å². The van der Waals surface area contributed by atoms with Crippen LogP contribution in [-0.2, 0) is 0 Å². The van der Waals surface area contributed by atoms with Gasteiger partial charge in [0.15, 0.2) is 0 Å². The van der Waals surface area contributed by atoms with Gasteiger partial charge in [-0.3, -0.25) is 5.43 Å². The molecule has 3 aromatic rings. The molecule has 2 aromatic carbocycles. The molecule has 0 unspecified atom stereocenters. The molecular formula is C17H15N3S. The highest BCUT2D eigenvalue weighted by Crippen LogP contribution is 2.27. The average molecular weight is 293 g/mol. The van der Waals surface area contributed by atoms with Crippen LogP contribution in [0.4, 0.5) is 5.69 Å². The summed E-state index contributed by atoms with van der Waals surface area (Å²) in [6, 6.07) is 20.2. The zero-order valence-corrected chi connectivity index (χ0v) is 12.5. The summed E-state index contributed by atoms with van der Waals surface area (Å²) in [6.45, 7) is 2.01. The average Bonchev–Trinajstić information content (AvgIpc) is 2.95. The van der Waals surface area contributed by atoms with Gasteiger partial charge >= 0.3 is 0 Å². The number of hydrazone groups is 1. The zero-order chi connectivity index (χ0) is 14.5. The molecule has 0 aliphatic rings. The van der Waals surface area contributed by atoms with Crippen LogP contribution in [-0.4, -0.2) is 10.6 Å². The molecule has 0 bridgehead atoms. The van der Waals surface area contributed by atoms with E-state index in [2.05, 4.69) is 33.1 Å². The SMILES string of the molecule is Cc1cc(-c2ccccc2C=NNc2ccccc2)sn1. The van der Waals surface area contributed by atoms with Crippen molar-refractivity contribution >= 4 is 23.4 Å². The van der Waals surface area contributed by atoms with Crippen molar-refractivity contribution in [2.75, 3.05) is 5.43 Å². The number of anilines is 1. The van der Waals surface area contributed by atoms with E-state index in [0.29, 0.717) is 0 Å². The van der Waals surface area contributed by atoms with Crippen molar-refractivity contribution in [1.82, 2.24) is 4.37 Å². The first-order chi connectivity index (χ1) is 10.3. The number of para-hydroxylation sites is 1. The molecule has 0 radical (unpaired) electrons. The van der Waals surface area contributed by atoms with Gasteiger partial charge in [0.2, 0.25) is 0 Å². The van der Waals surface area contributed by atoms with E-state index >= 15 is 0 Å². The summed E-state index contributed by atoms with van der Waals surface area (Å²) in [6.07, 6.45) is 1.84. The molecule has 0 fully saturated rings. The monoisotopic (exact) mass is 293 g/mol. The molecule has 3 rings (SSSR count). The highest BCUT2D eigenvalue weighted by Gasteiger charge is 2.05. The van der Waals surface area contributed by atoms with Crippen molar-refractivity contribution in [2.45, 2.75) is 6.92 Å². The lowest BCUT2D eigenvalue weighted by molar-refractivity contribution is 1.34. The number of hydrogen-bond donors (Lipinski definition) is 1. The van der Waals surface area contributed by atoms with Crippen LogP contribution in [0.15, 0.2) is 65.8 Å². The second-order valence-electron chi connectivity index (χ2n) is 4.66. The maximum absolute atomic E-state index is 4.34. The largest absolute Gasteiger partial charge is 0.279 e. The Morgan fingerprint density at radius 1 is 1.05 bits per heavy atom. The summed E-state index contributed by atoms with van der Waals surface area (Å²) in [4.78, 5) is 1.16. The van der Waals surface area contributed by atoms with Crippen molar-refractivity contribution in [3.63, 3.8) is 0 Å². The lowest BCUT2D eigenvalue weighted by atomic mass is 10.1. The van der Waals surface area contributed by atoms with E-state index < -0.39 is 0 Å². The van der Waals surface area contributed by atoms with Gasteiger partial charge in [-0.15, -0.1) is 0 Å². The van der Waals surface area contributed by atoms with Crippen molar-refractivity contribution in [3.05, 3.63) is 71.9 Å². The van der Waals surface area contributed by atoms with Gasteiger partial charge in [0, 0.05) is 11.1 Å². The van der Waals surface area contributed by atoms with E-state index in [1.54, 1.807) is 0 Å². The Labute approximate surface area is 128 Å². The number of aromatic nitrogens is 1. The van der Waals surface area contributed by atoms with Gasteiger partial charge in [0.05, 0.1) is 22.5 Å². The van der Waals surface area contributed by atoms with Crippen LogP contribution in [0, 0.1) is 6.92 Å². The number of aryl methyl sites for hydroxylation is 1. The molecule has 1 aromatic heterocycles. The van der Waals surface area contributed by atoms with Crippen LogP contribution in [0.5, 0.6) is 0 Å². The minimum Gasteiger partial charge on any atom is -0.279 e. The summed E-state index contributed by atoms with van der Waals surface area (Å²) in [5, 5.41) is 4.31. The van der Waals surface area contributed by atoms with Gasteiger partial charge in [-0.25, -0.2) is 0 Å². The molecule has 4 heteroatoms. The lowest BCUT2D eigenvalue weighted by Gasteiger charge is -2.03. The quantitative estimate of drug-likeness (QED) is 0.565. The van der Waals surface area contributed by atoms with Crippen LogP contribution < -0.4 is 5.43 Å². The van der Waals surface area contributed by atoms with Crippen molar-refractivity contribution < 1.29 is 0 Å². The van der Waals surface area contributed by atoms with E-state index in [-0.39, 0.29) is 0 Å². The third-order valence-electron chi connectivity index (χ3n) is 3.03. The molecule has 21 heavy (non-hydrogen) atoms.